The number of benzene rings is 2. The SMILES string of the molecule is CCCCCCOc1nc(-c2ccccc2)cc(-c2ccccc2)c1C#N. The van der Waals surface area contributed by atoms with Gasteiger partial charge in [-0.15, -0.1) is 0 Å². The summed E-state index contributed by atoms with van der Waals surface area (Å²) in [5, 5.41) is 9.79. The van der Waals surface area contributed by atoms with E-state index < -0.39 is 0 Å². The van der Waals surface area contributed by atoms with Gasteiger partial charge in [0.2, 0.25) is 5.88 Å². The first-order valence-corrected chi connectivity index (χ1v) is 9.52. The maximum atomic E-state index is 9.79. The van der Waals surface area contributed by atoms with Gasteiger partial charge in [0.15, 0.2) is 0 Å². The molecule has 0 unspecified atom stereocenters. The van der Waals surface area contributed by atoms with Crippen LogP contribution in [-0.4, -0.2) is 11.6 Å². The predicted molar refractivity (Wildman–Crippen MR) is 109 cm³/mol. The van der Waals surface area contributed by atoms with Crippen LogP contribution in [0.3, 0.4) is 0 Å². The third kappa shape index (κ3) is 4.74. The van der Waals surface area contributed by atoms with Gasteiger partial charge in [0, 0.05) is 11.1 Å². The van der Waals surface area contributed by atoms with Crippen LogP contribution in [0.2, 0.25) is 0 Å². The maximum Gasteiger partial charge on any atom is 0.232 e. The molecule has 3 rings (SSSR count). The second kappa shape index (κ2) is 9.54. The summed E-state index contributed by atoms with van der Waals surface area (Å²) in [5.41, 5.74) is 4.17. The largest absolute Gasteiger partial charge is 0.477 e. The van der Waals surface area contributed by atoms with Crippen LogP contribution in [-0.2, 0) is 0 Å². The molecule has 27 heavy (non-hydrogen) atoms. The van der Waals surface area contributed by atoms with Crippen molar-refractivity contribution in [3.63, 3.8) is 0 Å². The zero-order valence-electron chi connectivity index (χ0n) is 15.7. The van der Waals surface area contributed by atoms with Crippen molar-refractivity contribution in [1.82, 2.24) is 4.98 Å². The minimum Gasteiger partial charge on any atom is -0.477 e. The maximum absolute atomic E-state index is 9.79. The van der Waals surface area contributed by atoms with Crippen LogP contribution in [0.4, 0.5) is 0 Å². The molecule has 0 aliphatic rings. The lowest BCUT2D eigenvalue weighted by atomic mass is 9.99. The van der Waals surface area contributed by atoms with Crippen molar-refractivity contribution in [2.75, 3.05) is 6.61 Å². The van der Waals surface area contributed by atoms with Gasteiger partial charge in [-0.3, -0.25) is 0 Å². The highest BCUT2D eigenvalue weighted by molar-refractivity contribution is 5.77. The third-order valence-electron chi connectivity index (χ3n) is 4.49. The normalized spacial score (nSPS) is 10.4. The van der Waals surface area contributed by atoms with E-state index in [1.165, 1.54) is 12.8 Å². The fourth-order valence-corrected chi connectivity index (χ4v) is 3.03. The van der Waals surface area contributed by atoms with E-state index in [1.807, 2.05) is 66.7 Å². The highest BCUT2D eigenvalue weighted by Crippen LogP contribution is 2.33. The lowest BCUT2D eigenvalue weighted by Gasteiger charge is -2.13. The van der Waals surface area contributed by atoms with Crippen molar-refractivity contribution >= 4 is 0 Å². The monoisotopic (exact) mass is 356 g/mol. The Morgan fingerprint density at radius 3 is 2.19 bits per heavy atom. The van der Waals surface area contributed by atoms with Crippen molar-refractivity contribution in [3.05, 3.63) is 72.3 Å². The molecule has 2 aromatic carbocycles. The zero-order valence-corrected chi connectivity index (χ0v) is 15.7. The fourth-order valence-electron chi connectivity index (χ4n) is 3.03. The number of unbranched alkanes of at least 4 members (excludes halogenated alkanes) is 3. The molecule has 1 aromatic heterocycles. The van der Waals surface area contributed by atoms with Crippen LogP contribution in [0.5, 0.6) is 5.88 Å². The summed E-state index contributed by atoms with van der Waals surface area (Å²) in [7, 11) is 0. The molecule has 0 atom stereocenters. The highest BCUT2D eigenvalue weighted by Gasteiger charge is 2.16. The van der Waals surface area contributed by atoms with E-state index in [9.17, 15) is 5.26 Å². The van der Waals surface area contributed by atoms with Crippen molar-refractivity contribution in [3.8, 4) is 34.3 Å². The van der Waals surface area contributed by atoms with Gasteiger partial charge in [-0.2, -0.15) is 5.26 Å². The summed E-state index contributed by atoms with van der Waals surface area (Å²) in [6.07, 6.45) is 4.48. The first kappa shape index (κ1) is 18.7. The van der Waals surface area contributed by atoms with Gasteiger partial charge in [-0.05, 0) is 18.1 Å². The van der Waals surface area contributed by atoms with Crippen LogP contribution in [0.1, 0.15) is 38.2 Å². The topological polar surface area (TPSA) is 45.9 Å². The highest BCUT2D eigenvalue weighted by atomic mass is 16.5. The summed E-state index contributed by atoms with van der Waals surface area (Å²) >= 11 is 0. The van der Waals surface area contributed by atoms with Crippen molar-refractivity contribution in [1.29, 1.82) is 5.26 Å². The van der Waals surface area contributed by atoms with Crippen LogP contribution in [0, 0.1) is 11.3 Å². The molecular formula is C24H24N2O. The van der Waals surface area contributed by atoms with Gasteiger partial charge in [0.1, 0.15) is 11.6 Å². The Morgan fingerprint density at radius 2 is 1.56 bits per heavy atom. The molecule has 0 bridgehead atoms. The van der Waals surface area contributed by atoms with E-state index in [0.29, 0.717) is 18.1 Å². The standard InChI is InChI=1S/C24H24N2O/c1-2-3-4-11-16-27-24-22(18-25)21(19-12-7-5-8-13-19)17-23(26-24)20-14-9-6-10-15-20/h5-10,12-15,17H,2-4,11,16H2,1H3. The summed E-state index contributed by atoms with van der Waals surface area (Å²) in [5.74, 6) is 0.425. The van der Waals surface area contributed by atoms with Gasteiger partial charge < -0.3 is 4.74 Å². The van der Waals surface area contributed by atoms with Crippen LogP contribution in [0.15, 0.2) is 66.7 Å². The lowest BCUT2D eigenvalue weighted by Crippen LogP contribution is -2.03. The molecule has 0 spiro atoms. The van der Waals surface area contributed by atoms with Crippen LogP contribution in [0.25, 0.3) is 22.4 Å². The van der Waals surface area contributed by atoms with Gasteiger partial charge in [-0.1, -0.05) is 86.8 Å². The van der Waals surface area contributed by atoms with Crippen LogP contribution < -0.4 is 4.74 Å². The molecule has 0 aliphatic carbocycles. The Balaban J connectivity index is 2.01. The summed E-state index contributed by atoms with van der Waals surface area (Å²) in [4.78, 5) is 4.67. The number of nitriles is 1. The van der Waals surface area contributed by atoms with Crippen molar-refractivity contribution < 1.29 is 4.74 Å². The number of nitrogens with zero attached hydrogens (tertiary/aromatic N) is 2. The fraction of sp³-hybridized carbons (Fsp3) is 0.250. The molecule has 0 radical (unpaired) electrons. The zero-order chi connectivity index (χ0) is 18.9. The van der Waals surface area contributed by atoms with E-state index in [-0.39, 0.29) is 0 Å². The molecular weight excluding hydrogens is 332 g/mol. The number of aromatic nitrogens is 1. The van der Waals surface area contributed by atoms with Gasteiger partial charge in [0.25, 0.3) is 0 Å². The number of hydrogen-bond acceptors (Lipinski definition) is 3. The number of rotatable bonds is 8. The number of pyridine rings is 1. The average Bonchev–Trinajstić information content (AvgIpc) is 2.74. The van der Waals surface area contributed by atoms with Crippen molar-refractivity contribution in [2.45, 2.75) is 32.6 Å². The molecule has 0 amide bonds. The van der Waals surface area contributed by atoms with E-state index in [0.717, 1.165) is 35.2 Å². The third-order valence-corrected chi connectivity index (χ3v) is 4.49. The quantitative estimate of drug-likeness (QED) is 0.448. The van der Waals surface area contributed by atoms with Crippen molar-refractivity contribution in [2.24, 2.45) is 0 Å². The molecule has 0 aliphatic heterocycles. The molecule has 1 heterocycles. The Bertz CT molecular complexity index is 899. The molecule has 0 fully saturated rings. The van der Waals surface area contributed by atoms with E-state index in [1.54, 1.807) is 0 Å². The summed E-state index contributed by atoms with van der Waals surface area (Å²) in [6, 6.07) is 24.2. The minimum absolute atomic E-state index is 0.425. The first-order chi connectivity index (χ1) is 13.3. The van der Waals surface area contributed by atoms with E-state index in [4.69, 9.17) is 4.74 Å². The Hall–Kier alpha value is -3.12. The Kier molecular flexibility index (Phi) is 6.60. The number of ether oxygens (including phenoxy) is 1. The molecule has 0 saturated heterocycles. The Morgan fingerprint density at radius 1 is 0.889 bits per heavy atom. The first-order valence-electron chi connectivity index (χ1n) is 9.52. The van der Waals surface area contributed by atoms with Gasteiger partial charge >= 0.3 is 0 Å². The molecule has 3 heteroatoms. The van der Waals surface area contributed by atoms with Gasteiger partial charge in [0.05, 0.1) is 12.3 Å². The molecule has 0 saturated carbocycles. The summed E-state index contributed by atoms with van der Waals surface area (Å²) in [6.45, 7) is 2.76. The number of hydrogen-bond donors (Lipinski definition) is 0. The minimum atomic E-state index is 0.425. The van der Waals surface area contributed by atoms with Crippen LogP contribution >= 0.6 is 0 Å². The van der Waals surface area contributed by atoms with E-state index in [2.05, 4.69) is 18.0 Å². The second-order valence-corrected chi connectivity index (χ2v) is 6.49. The van der Waals surface area contributed by atoms with Gasteiger partial charge in [-0.25, -0.2) is 4.98 Å². The lowest BCUT2D eigenvalue weighted by molar-refractivity contribution is 0.293. The second-order valence-electron chi connectivity index (χ2n) is 6.49. The smallest absolute Gasteiger partial charge is 0.232 e. The van der Waals surface area contributed by atoms with E-state index >= 15 is 0 Å². The predicted octanol–water partition coefficient (Wildman–Crippen LogP) is 6.25. The molecule has 3 aromatic rings. The molecule has 0 N–H and O–H groups in total. The summed E-state index contributed by atoms with van der Waals surface area (Å²) < 4.78 is 5.97. The molecule has 3 nitrogen and oxygen atoms in total. The average molecular weight is 356 g/mol. The Labute approximate surface area is 161 Å². The molecule has 136 valence electrons.